The Hall–Kier alpha value is -3.06. The van der Waals surface area contributed by atoms with Gasteiger partial charge < -0.3 is 4.42 Å². The Morgan fingerprint density at radius 3 is 1.96 bits per heavy atom. The molecule has 5 rings (SSSR count). The van der Waals surface area contributed by atoms with E-state index in [4.69, 9.17) is 4.42 Å². The average Bonchev–Trinajstić information content (AvgIpc) is 3.12. The largest absolute Gasteiger partial charge is 0.464 e. The van der Waals surface area contributed by atoms with Gasteiger partial charge in [-0.3, -0.25) is 0 Å². The molecule has 0 N–H and O–H groups in total. The van der Waals surface area contributed by atoms with E-state index in [1.807, 2.05) is 12.1 Å². The standard InChI is InChI=1S/C22H14O/c1-2-6-16-12-19-14-21-17(13-18(19)11-15(16)5-1)7-3-8-20(21)22-9-4-10-23-22/h1-14H. The zero-order valence-corrected chi connectivity index (χ0v) is 12.5. The molecule has 1 aromatic heterocycles. The van der Waals surface area contributed by atoms with E-state index in [1.54, 1.807) is 6.26 Å². The number of rotatable bonds is 1. The minimum Gasteiger partial charge on any atom is -0.464 e. The molecule has 0 saturated carbocycles. The highest BCUT2D eigenvalue weighted by Crippen LogP contribution is 2.33. The SMILES string of the molecule is c1coc(-c2cccc3cc4cc5ccccc5cc4cc23)c1. The van der Waals surface area contributed by atoms with E-state index < -0.39 is 0 Å². The molecule has 23 heavy (non-hydrogen) atoms. The molecule has 0 amide bonds. The molecule has 1 nitrogen and oxygen atoms in total. The van der Waals surface area contributed by atoms with Gasteiger partial charge in [-0.05, 0) is 68.7 Å². The number of fused-ring (bicyclic) bond motifs is 3. The molecular weight excluding hydrogens is 280 g/mol. The van der Waals surface area contributed by atoms with Crippen molar-refractivity contribution in [3.05, 3.63) is 85.1 Å². The average molecular weight is 294 g/mol. The Bertz CT molecular complexity index is 1150. The van der Waals surface area contributed by atoms with Crippen molar-refractivity contribution in [2.45, 2.75) is 0 Å². The Balaban J connectivity index is 1.89. The van der Waals surface area contributed by atoms with Crippen LogP contribution in [0.1, 0.15) is 0 Å². The second kappa shape index (κ2) is 4.72. The van der Waals surface area contributed by atoms with Gasteiger partial charge in [-0.25, -0.2) is 0 Å². The van der Waals surface area contributed by atoms with Crippen molar-refractivity contribution in [2.75, 3.05) is 0 Å². The zero-order chi connectivity index (χ0) is 15.2. The van der Waals surface area contributed by atoms with Crippen LogP contribution in [-0.2, 0) is 0 Å². The van der Waals surface area contributed by atoms with Gasteiger partial charge in [0.25, 0.3) is 0 Å². The van der Waals surface area contributed by atoms with Gasteiger partial charge in [0.1, 0.15) is 5.76 Å². The smallest absolute Gasteiger partial charge is 0.134 e. The maximum atomic E-state index is 5.61. The van der Waals surface area contributed by atoms with Gasteiger partial charge in [-0.1, -0.05) is 42.5 Å². The number of hydrogen-bond donors (Lipinski definition) is 0. The van der Waals surface area contributed by atoms with E-state index in [0.717, 1.165) is 11.3 Å². The van der Waals surface area contributed by atoms with Crippen LogP contribution in [0.4, 0.5) is 0 Å². The maximum Gasteiger partial charge on any atom is 0.134 e. The summed E-state index contributed by atoms with van der Waals surface area (Å²) in [6, 6.07) is 27.9. The molecule has 1 heteroatoms. The van der Waals surface area contributed by atoms with Crippen molar-refractivity contribution in [1.29, 1.82) is 0 Å². The molecule has 0 aliphatic heterocycles. The highest BCUT2D eigenvalue weighted by atomic mass is 16.3. The predicted molar refractivity (Wildman–Crippen MR) is 96.7 cm³/mol. The van der Waals surface area contributed by atoms with Crippen LogP contribution >= 0.6 is 0 Å². The highest BCUT2D eigenvalue weighted by molar-refractivity contribution is 6.08. The van der Waals surface area contributed by atoms with Crippen LogP contribution in [0.15, 0.2) is 89.5 Å². The first-order chi connectivity index (χ1) is 11.4. The van der Waals surface area contributed by atoms with Gasteiger partial charge in [-0.2, -0.15) is 0 Å². The topological polar surface area (TPSA) is 13.1 Å². The summed E-state index contributed by atoms with van der Waals surface area (Å²) >= 11 is 0. The van der Waals surface area contributed by atoms with Gasteiger partial charge in [-0.15, -0.1) is 0 Å². The molecule has 0 aliphatic rings. The van der Waals surface area contributed by atoms with Crippen LogP contribution in [0.25, 0.3) is 43.6 Å². The first kappa shape index (κ1) is 12.5. The van der Waals surface area contributed by atoms with Crippen molar-refractivity contribution >= 4 is 32.3 Å². The van der Waals surface area contributed by atoms with E-state index in [9.17, 15) is 0 Å². The summed E-state index contributed by atoms with van der Waals surface area (Å²) in [5.41, 5.74) is 1.14. The minimum atomic E-state index is 0.913. The predicted octanol–water partition coefficient (Wildman–Crippen LogP) is 6.41. The third-order valence-corrected chi connectivity index (χ3v) is 4.49. The van der Waals surface area contributed by atoms with Crippen LogP contribution in [-0.4, -0.2) is 0 Å². The molecule has 5 aromatic rings. The van der Waals surface area contributed by atoms with E-state index >= 15 is 0 Å². The van der Waals surface area contributed by atoms with Crippen molar-refractivity contribution in [1.82, 2.24) is 0 Å². The quantitative estimate of drug-likeness (QED) is 0.326. The monoisotopic (exact) mass is 294 g/mol. The third-order valence-electron chi connectivity index (χ3n) is 4.49. The van der Waals surface area contributed by atoms with Gasteiger partial charge in [0.2, 0.25) is 0 Å². The Kier molecular flexibility index (Phi) is 2.56. The molecule has 4 aromatic carbocycles. The minimum absolute atomic E-state index is 0.913. The fourth-order valence-corrected chi connectivity index (χ4v) is 3.37. The Morgan fingerprint density at radius 1 is 0.522 bits per heavy atom. The van der Waals surface area contributed by atoms with Gasteiger partial charge in [0, 0.05) is 5.56 Å². The van der Waals surface area contributed by atoms with E-state index in [0.29, 0.717) is 0 Å². The second-order valence-electron chi connectivity index (χ2n) is 5.90. The molecule has 0 spiro atoms. The van der Waals surface area contributed by atoms with Crippen LogP contribution in [0.2, 0.25) is 0 Å². The summed E-state index contributed by atoms with van der Waals surface area (Å²) in [6.45, 7) is 0. The first-order valence-corrected chi connectivity index (χ1v) is 7.78. The van der Waals surface area contributed by atoms with Crippen molar-refractivity contribution in [3.8, 4) is 11.3 Å². The van der Waals surface area contributed by atoms with Crippen molar-refractivity contribution < 1.29 is 4.42 Å². The lowest BCUT2D eigenvalue weighted by Crippen LogP contribution is -1.82. The summed E-state index contributed by atoms with van der Waals surface area (Å²) < 4.78 is 5.61. The van der Waals surface area contributed by atoms with E-state index in [2.05, 4.69) is 66.7 Å². The van der Waals surface area contributed by atoms with Gasteiger partial charge >= 0.3 is 0 Å². The fourth-order valence-electron chi connectivity index (χ4n) is 3.37. The number of benzene rings is 4. The normalized spacial score (nSPS) is 11.5. The zero-order valence-electron chi connectivity index (χ0n) is 12.5. The number of hydrogen-bond acceptors (Lipinski definition) is 1. The fraction of sp³-hybridized carbons (Fsp3) is 0. The molecule has 0 radical (unpaired) electrons. The van der Waals surface area contributed by atoms with Crippen LogP contribution in [0, 0.1) is 0 Å². The lowest BCUT2D eigenvalue weighted by Gasteiger charge is -2.08. The molecule has 0 saturated heterocycles. The van der Waals surface area contributed by atoms with E-state index in [-0.39, 0.29) is 0 Å². The first-order valence-electron chi connectivity index (χ1n) is 7.78. The van der Waals surface area contributed by atoms with E-state index in [1.165, 1.54) is 32.3 Å². The maximum absolute atomic E-state index is 5.61. The van der Waals surface area contributed by atoms with Gasteiger partial charge in [0.15, 0.2) is 0 Å². The Morgan fingerprint density at radius 2 is 1.22 bits per heavy atom. The molecule has 108 valence electrons. The molecule has 0 fully saturated rings. The molecule has 0 atom stereocenters. The molecule has 1 heterocycles. The molecule has 0 bridgehead atoms. The third kappa shape index (κ3) is 1.94. The van der Waals surface area contributed by atoms with Crippen molar-refractivity contribution in [3.63, 3.8) is 0 Å². The van der Waals surface area contributed by atoms with Crippen molar-refractivity contribution in [2.24, 2.45) is 0 Å². The summed E-state index contributed by atoms with van der Waals surface area (Å²) in [6.07, 6.45) is 1.72. The summed E-state index contributed by atoms with van der Waals surface area (Å²) in [5, 5.41) is 7.55. The molecular formula is C22H14O. The molecule has 0 aliphatic carbocycles. The molecule has 0 unspecified atom stereocenters. The van der Waals surface area contributed by atoms with Crippen LogP contribution < -0.4 is 0 Å². The summed E-state index contributed by atoms with van der Waals surface area (Å²) in [7, 11) is 0. The number of furan rings is 1. The van der Waals surface area contributed by atoms with Crippen LogP contribution in [0.5, 0.6) is 0 Å². The summed E-state index contributed by atoms with van der Waals surface area (Å²) in [5.74, 6) is 0.913. The lowest BCUT2D eigenvalue weighted by molar-refractivity contribution is 0.583. The van der Waals surface area contributed by atoms with Crippen LogP contribution in [0.3, 0.4) is 0 Å². The highest BCUT2D eigenvalue weighted by Gasteiger charge is 2.08. The Labute approximate surface area is 133 Å². The lowest BCUT2D eigenvalue weighted by atomic mass is 9.96. The second-order valence-corrected chi connectivity index (χ2v) is 5.90. The van der Waals surface area contributed by atoms with Gasteiger partial charge in [0.05, 0.1) is 6.26 Å². The summed E-state index contributed by atoms with van der Waals surface area (Å²) in [4.78, 5) is 0.